The van der Waals surface area contributed by atoms with Crippen LogP contribution in [0.1, 0.15) is 25.3 Å². The molecular formula is C17H23N3O. The van der Waals surface area contributed by atoms with Crippen LogP contribution in [0.5, 0.6) is 0 Å². The molecule has 0 amide bonds. The van der Waals surface area contributed by atoms with Crippen LogP contribution in [0.2, 0.25) is 0 Å². The number of nitrogens with zero attached hydrogens (tertiary/aromatic N) is 3. The van der Waals surface area contributed by atoms with Gasteiger partial charge in [-0.3, -0.25) is 4.90 Å². The molecule has 1 aromatic carbocycles. The van der Waals surface area contributed by atoms with Crippen molar-refractivity contribution in [3.8, 4) is 5.69 Å². The highest BCUT2D eigenvalue weighted by molar-refractivity contribution is 5.34. The van der Waals surface area contributed by atoms with Crippen molar-refractivity contribution in [2.24, 2.45) is 5.92 Å². The van der Waals surface area contributed by atoms with Gasteiger partial charge in [0.05, 0.1) is 12.4 Å². The van der Waals surface area contributed by atoms with Crippen LogP contribution in [0.15, 0.2) is 43.0 Å². The van der Waals surface area contributed by atoms with E-state index in [9.17, 15) is 5.11 Å². The van der Waals surface area contributed by atoms with Gasteiger partial charge in [0.15, 0.2) is 0 Å². The third kappa shape index (κ3) is 3.52. The van der Waals surface area contributed by atoms with Crippen LogP contribution in [0.3, 0.4) is 0 Å². The van der Waals surface area contributed by atoms with E-state index >= 15 is 0 Å². The quantitative estimate of drug-likeness (QED) is 0.938. The lowest BCUT2D eigenvalue weighted by molar-refractivity contribution is 0.0599. The van der Waals surface area contributed by atoms with Crippen LogP contribution in [0, 0.1) is 5.92 Å². The summed E-state index contributed by atoms with van der Waals surface area (Å²) in [5.74, 6) is 0.420. The molecule has 0 spiro atoms. The predicted octanol–water partition coefficient (Wildman–Crippen LogP) is 2.47. The fourth-order valence-electron chi connectivity index (χ4n) is 3.07. The average Bonchev–Trinajstić information content (AvgIpc) is 3.02. The first-order valence-electron chi connectivity index (χ1n) is 7.70. The third-order valence-electron chi connectivity index (χ3n) is 4.37. The number of hydrogen-bond donors (Lipinski definition) is 1. The molecule has 1 saturated heterocycles. The fraction of sp³-hybridized carbons (Fsp3) is 0.471. The molecule has 1 aromatic heterocycles. The standard InChI is InChI=1S/C17H23N3O/c1-14(21)16-3-2-9-19(12-16)11-15-4-6-17(7-5-15)20-10-8-18-13-20/h4-8,10,13-14,16,21H,2-3,9,11-12H2,1H3. The molecule has 1 aliphatic rings. The Morgan fingerprint density at radius 2 is 2.14 bits per heavy atom. The Hall–Kier alpha value is -1.65. The number of aliphatic hydroxyl groups is 1. The highest BCUT2D eigenvalue weighted by Crippen LogP contribution is 2.21. The Morgan fingerprint density at radius 1 is 1.33 bits per heavy atom. The number of piperidine rings is 1. The molecule has 1 N–H and O–H groups in total. The van der Waals surface area contributed by atoms with Gasteiger partial charge < -0.3 is 9.67 Å². The van der Waals surface area contributed by atoms with E-state index in [0.29, 0.717) is 5.92 Å². The van der Waals surface area contributed by atoms with E-state index in [1.807, 2.05) is 24.0 Å². The molecule has 1 aliphatic heterocycles. The maximum atomic E-state index is 9.77. The van der Waals surface area contributed by atoms with Crippen molar-refractivity contribution in [2.45, 2.75) is 32.4 Å². The maximum Gasteiger partial charge on any atom is 0.0991 e. The lowest BCUT2D eigenvalue weighted by Gasteiger charge is -2.34. The molecule has 112 valence electrons. The monoisotopic (exact) mass is 285 g/mol. The molecule has 2 heterocycles. The Kier molecular flexibility index (Phi) is 4.36. The summed E-state index contributed by atoms with van der Waals surface area (Å²) in [4.78, 5) is 6.52. The molecule has 3 rings (SSSR count). The number of rotatable bonds is 4. The van der Waals surface area contributed by atoms with Gasteiger partial charge in [0.2, 0.25) is 0 Å². The summed E-state index contributed by atoms with van der Waals surface area (Å²) >= 11 is 0. The first-order valence-corrected chi connectivity index (χ1v) is 7.70. The maximum absolute atomic E-state index is 9.77. The van der Waals surface area contributed by atoms with E-state index in [1.165, 1.54) is 12.0 Å². The van der Waals surface area contributed by atoms with Gasteiger partial charge in [-0.15, -0.1) is 0 Å². The normalized spacial score (nSPS) is 21.3. The molecule has 0 saturated carbocycles. The molecule has 0 radical (unpaired) electrons. The molecule has 0 aliphatic carbocycles. The summed E-state index contributed by atoms with van der Waals surface area (Å²) in [6.07, 6.45) is 7.69. The number of aliphatic hydroxyl groups excluding tert-OH is 1. The van der Waals surface area contributed by atoms with Gasteiger partial charge in [-0.1, -0.05) is 12.1 Å². The van der Waals surface area contributed by atoms with Crippen molar-refractivity contribution in [3.63, 3.8) is 0 Å². The minimum Gasteiger partial charge on any atom is -0.393 e. The van der Waals surface area contributed by atoms with E-state index in [4.69, 9.17) is 0 Å². The van der Waals surface area contributed by atoms with Crippen molar-refractivity contribution in [1.29, 1.82) is 0 Å². The minimum absolute atomic E-state index is 0.198. The van der Waals surface area contributed by atoms with Gasteiger partial charge in [-0.05, 0) is 49.9 Å². The summed E-state index contributed by atoms with van der Waals surface area (Å²) < 4.78 is 2.01. The van der Waals surface area contributed by atoms with E-state index in [-0.39, 0.29) is 6.10 Å². The van der Waals surface area contributed by atoms with Gasteiger partial charge >= 0.3 is 0 Å². The second-order valence-electron chi connectivity index (χ2n) is 6.01. The molecule has 2 unspecified atom stereocenters. The summed E-state index contributed by atoms with van der Waals surface area (Å²) in [5.41, 5.74) is 2.46. The summed E-state index contributed by atoms with van der Waals surface area (Å²) in [6.45, 7) is 5.01. The lowest BCUT2D eigenvalue weighted by Crippen LogP contribution is -2.38. The van der Waals surface area contributed by atoms with Crippen molar-refractivity contribution in [3.05, 3.63) is 48.5 Å². The molecule has 4 nitrogen and oxygen atoms in total. The molecule has 4 heteroatoms. The second kappa shape index (κ2) is 6.41. The zero-order valence-corrected chi connectivity index (χ0v) is 12.5. The zero-order valence-electron chi connectivity index (χ0n) is 12.5. The van der Waals surface area contributed by atoms with Crippen LogP contribution in [-0.2, 0) is 6.54 Å². The van der Waals surface area contributed by atoms with Crippen LogP contribution >= 0.6 is 0 Å². The molecule has 2 aromatic rings. The number of hydrogen-bond acceptors (Lipinski definition) is 3. The molecule has 2 atom stereocenters. The van der Waals surface area contributed by atoms with Crippen LogP contribution in [0.25, 0.3) is 5.69 Å². The highest BCUT2D eigenvalue weighted by atomic mass is 16.3. The number of benzene rings is 1. The molecule has 0 bridgehead atoms. The summed E-state index contributed by atoms with van der Waals surface area (Å²) in [7, 11) is 0. The van der Waals surface area contributed by atoms with E-state index in [2.05, 4.69) is 34.1 Å². The Balaban J connectivity index is 1.62. The summed E-state index contributed by atoms with van der Waals surface area (Å²) in [6, 6.07) is 8.63. The van der Waals surface area contributed by atoms with Crippen molar-refractivity contribution in [2.75, 3.05) is 13.1 Å². The second-order valence-corrected chi connectivity index (χ2v) is 6.01. The molecule has 21 heavy (non-hydrogen) atoms. The van der Waals surface area contributed by atoms with Crippen LogP contribution in [0.4, 0.5) is 0 Å². The Bertz CT molecular complexity index is 548. The van der Waals surface area contributed by atoms with Crippen LogP contribution in [-0.4, -0.2) is 38.8 Å². The summed E-state index contributed by atoms with van der Waals surface area (Å²) in [5, 5.41) is 9.77. The first-order chi connectivity index (χ1) is 10.2. The smallest absolute Gasteiger partial charge is 0.0991 e. The van der Waals surface area contributed by atoms with E-state index in [0.717, 1.165) is 31.7 Å². The first kappa shape index (κ1) is 14.3. The van der Waals surface area contributed by atoms with Crippen LogP contribution < -0.4 is 0 Å². The predicted molar refractivity (Wildman–Crippen MR) is 83.2 cm³/mol. The van der Waals surface area contributed by atoms with Gasteiger partial charge in [-0.25, -0.2) is 4.98 Å². The van der Waals surface area contributed by atoms with Crippen molar-refractivity contribution < 1.29 is 5.11 Å². The van der Waals surface area contributed by atoms with Gasteiger partial charge in [0, 0.05) is 31.2 Å². The topological polar surface area (TPSA) is 41.3 Å². The Morgan fingerprint density at radius 3 is 2.81 bits per heavy atom. The number of imidazole rings is 1. The average molecular weight is 285 g/mol. The largest absolute Gasteiger partial charge is 0.393 e. The third-order valence-corrected chi connectivity index (χ3v) is 4.37. The van der Waals surface area contributed by atoms with Crippen molar-refractivity contribution in [1.82, 2.24) is 14.5 Å². The minimum atomic E-state index is -0.198. The fourth-order valence-corrected chi connectivity index (χ4v) is 3.07. The molecule has 1 fully saturated rings. The van der Waals surface area contributed by atoms with Gasteiger partial charge in [0.25, 0.3) is 0 Å². The number of aromatic nitrogens is 2. The molecular weight excluding hydrogens is 262 g/mol. The van der Waals surface area contributed by atoms with Gasteiger partial charge in [-0.2, -0.15) is 0 Å². The Labute approximate surface area is 126 Å². The lowest BCUT2D eigenvalue weighted by atomic mass is 9.93. The SMILES string of the molecule is CC(O)C1CCCN(Cc2ccc(-n3ccnc3)cc2)C1. The van der Waals surface area contributed by atoms with E-state index < -0.39 is 0 Å². The van der Waals surface area contributed by atoms with E-state index in [1.54, 1.807) is 6.20 Å². The highest BCUT2D eigenvalue weighted by Gasteiger charge is 2.23. The zero-order chi connectivity index (χ0) is 14.7. The van der Waals surface area contributed by atoms with Gasteiger partial charge in [0.1, 0.15) is 0 Å². The number of likely N-dealkylation sites (tertiary alicyclic amines) is 1. The van der Waals surface area contributed by atoms with Crippen molar-refractivity contribution >= 4 is 0 Å².